The van der Waals surface area contributed by atoms with Crippen LogP contribution in [0.2, 0.25) is 0 Å². The maximum atomic E-state index is 11.4. The van der Waals surface area contributed by atoms with Crippen molar-refractivity contribution in [1.29, 1.82) is 0 Å². The minimum Gasteiger partial charge on any atom is -0.493 e. The Labute approximate surface area is 115 Å². The molecule has 1 fully saturated rings. The summed E-state index contributed by atoms with van der Waals surface area (Å²) in [6, 6.07) is 7.22. The number of ether oxygens (including phenoxy) is 1. The minimum absolute atomic E-state index is 0.306. The van der Waals surface area contributed by atoms with E-state index in [4.69, 9.17) is 4.74 Å². The lowest BCUT2D eigenvalue weighted by atomic mass is 10.0. The summed E-state index contributed by atoms with van der Waals surface area (Å²) in [4.78, 5) is 0.306. The van der Waals surface area contributed by atoms with Crippen LogP contribution in [0.15, 0.2) is 29.2 Å². The minimum atomic E-state index is -3.16. The number of rotatable bonds is 5. The van der Waals surface area contributed by atoms with Gasteiger partial charge < -0.3 is 10.1 Å². The van der Waals surface area contributed by atoms with E-state index in [2.05, 4.69) is 5.32 Å². The van der Waals surface area contributed by atoms with Crippen LogP contribution in [0.3, 0.4) is 0 Å². The van der Waals surface area contributed by atoms with Crippen molar-refractivity contribution in [2.75, 3.05) is 19.4 Å². The summed E-state index contributed by atoms with van der Waals surface area (Å²) in [5, 5.41) is 3.47. The van der Waals surface area contributed by atoms with Crippen molar-refractivity contribution in [3.05, 3.63) is 24.3 Å². The standard InChI is InChI=1S/C14H21NO3S/c1-19(16,17)14-7-4-6-13(11-14)18-10-8-12-5-2-3-9-15-12/h4,6-7,11-12,15H,2-3,5,8-10H2,1H3. The fraction of sp³-hybridized carbons (Fsp3) is 0.571. The number of piperidine rings is 1. The summed E-state index contributed by atoms with van der Waals surface area (Å²) in [5.41, 5.74) is 0. The molecule has 1 aliphatic rings. The van der Waals surface area contributed by atoms with Gasteiger partial charge >= 0.3 is 0 Å². The molecule has 0 spiro atoms. The fourth-order valence-corrected chi connectivity index (χ4v) is 2.94. The zero-order chi connectivity index (χ0) is 13.7. The molecule has 1 aromatic carbocycles. The van der Waals surface area contributed by atoms with E-state index in [1.165, 1.54) is 25.5 Å². The Hall–Kier alpha value is -1.07. The highest BCUT2D eigenvalue weighted by Gasteiger charge is 2.12. The molecule has 5 heteroatoms. The molecule has 0 bridgehead atoms. The van der Waals surface area contributed by atoms with Crippen molar-refractivity contribution in [2.45, 2.75) is 36.6 Å². The van der Waals surface area contributed by atoms with Crippen LogP contribution in [0.1, 0.15) is 25.7 Å². The predicted octanol–water partition coefficient (Wildman–Crippen LogP) is 2.00. The van der Waals surface area contributed by atoms with Crippen LogP contribution in [0.25, 0.3) is 0 Å². The average molecular weight is 283 g/mol. The van der Waals surface area contributed by atoms with Crippen LogP contribution in [-0.4, -0.2) is 33.9 Å². The fourth-order valence-electron chi connectivity index (χ4n) is 2.28. The summed E-state index contributed by atoms with van der Waals surface area (Å²) in [7, 11) is -3.16. The van der Waals surface area contributed by atoms with Crippen molar-refractivity contribution in [3.8, 4) is 5.75 Å². The van der Waals surface area contributed by atoms with Gasteiger partial charge in [-0.3, -0.25) is 0 Å². The zero-order valence-electron chi connectivity index (χ0n) is 11.3. The predicted molar refractivity (Wildman–Crippen MR) is 75.3 cm³/mol. The molecular formula is C14H21NO3S. The highest BCUT2D eigenvalue weighted by atomic mass is 32.2. The SMILES string of the molecule is CS(=O)(=O)c1cccc(OCCC2CCCCN2)c1. The van der Waals surface area contributed by atoms with Crippen molar-refractivity contribution < 1.29 is 13.2 Å². The normalized spacial score (nSPS) is 20.2. The second kappa shape index (κ2) is 6.39. The van der Waals surface area contributed by atoms with Gasteiger partial charge in [0, 0.05) is 12.3 Å². The molecule has 4 nitrogen and oxygen atoms in total. The Morgan fingerprint density at radius 3 is 2.89 bits per heavy atom. The van der Waals surface area contributed by atoms with E-state index in [-0.39, 0.29) is 0 Å². The van der Waals surface area contributed by atoms with E-state index >= 15 is 0 Å². The second-order valence-corrected chi connectivity index (χ2v) is 7.05. The lowest BCUT2D eigenvalue weighted by Crippen LogP contribution is -2.35. The van der Waals surface area contributed by atoms with E-state index < -0.39 is 9.84 Å². The molecule has 1 heterocycles. The van der Waals surface area contributed by atoms with E-state index in [1.807, 2.05) is 0 Å². The van der Waals surface area contributed by atoms with Gasteiger partial charge in [0.1, 0.15) is 5.75 Å². The number of hydrogen-bond acceptors (Lipinski definition) is 4. The van der Waals surface area contributed by atoms with E-state index in [0.717, 1.165) is 13.0 Å². The van der Waals surface area contributed by atoms with Crippen LogP contribution in [0.5, 0.6) is 5.75 Å². The first-order valence-electron chi connectivity index (χ1n) is 6.72. The molecule has 106 valence electrons. The summed E-state index contributed by atoms with van der Waals surface area (Å²) in [6.07, 6.45) is 5.91. The van der Waals surface area contributed by atoms with Crippen molar-refractivity contribution >= 4 is 9.84 Å². The highest BCUT2D eigenvalue weighted by molar-refractivity contribution is 7.90. The van der Waals surface area contributed by atoms with Gasteiger partial charge in [0.2, 0.25) is 0 Å². The zero-order valence-corrected chi connectivity index (χ0v) is 12.1. The molecule has 2 rings (SSSR count). The van der Waals surface area contributed by atoms with Crippen LogP contribution < -0.4 is 10.1 Å². The second-order valence-electron chi connectivity index (χ2n) is 5.03. The molecule has 19 heavy (non-hydrogen) atoms. The van der Waals surface area contributed by atoms with Gasteiger partial charge in [-0.25, -0.2) is 8.42 Å². The first-order chi connectivity index (χ1) is 9.05. The lowest BCUT2D eigenvalue weighted by Gasteiger charge is -2.23. The summed E-state index contributed by atoms with van der Waals surface area (Å²) in [6.45, 7) is 1.71. The molecule has 0 radical (unpaired) electrons. The first-order valence-corrected chi connectivity index (χ1v) is 8.61. The Kier molecular flexibility index (Phi) is 4.82. The number of sulfone groups is 1. The average Bonchev–Trinajstić information content (AvgIpc) is 2.39. The number of hydrogen-bond donors (Lipinski definition) is 1. The third-order valence-corrected chi connectivity index (χ3v) is 4.49. The third kappa shape index (κ3) is 4.51. The van der Waals surface area contributed by atoms with Crippen LogP contribution in [-0.2, 0) is 9.84 Å². The largest absolute Gasteiger partial charge is 0.493 e. The Morgan fingerprint density at radius 1 is 1.37 bits per heavy atom. The number of nitrogens with one attached hydrogen (secondary N) is 1. The monoisotopic (exact) mass is 283 g/mol. The van der Waals surface area contributed by atoms with Gasteiger partial charge in [0.15, 0.2) is 9.84 Å². The molecule has 1 saturated heterocycles. The molecular weight excluding hydrogens is 262 g/mol. The molecule has 0 aliphatic carbocycles. The van der Waals surface area contributed by atoms with Crippen LogP contribution in [0.4, 0.5) is 0 Å². The van der Waals surface area contributed by atoms with Gasteiger partial charge in [-0.05, 0) is 44.0 Å². The van der Waals surface area contributed by atoms with Crippen molar-refractivity contribution in [2.24, 2.45) is 0 Å². The third-order valence-electron chi connectivity index (χ3n) is 3.38. The van der Waals surface area contributed by atoms with Gasteiger partial charge in [-0.15, -0.1) is 0 Å². The van der Waals surface area contributed by atoms with Crippen LogP contribution >= 0.6 is 0 Å². The first kappa shape index (κ1) is 14.3. The molecule has 1 aromatic rings. The van der Waals surface area contributed by atoms with E-state index in [1.54, 1.807) is 24.3 Å². The van der Waals surface area contributed by atoms with Crippen molar-refractivity contribution in [1.82, 2.24) is 5.32 Å². The summed E-state index contributed by atoms with van der Waals surface area (Å²) >= 11 is 0. The Morgan fingerprint density at radius 2 is 2.21 bits per heavy atom. The molecule has 1 atom stereocenters. The maximum Gasteiger partial charge on any atom is 0.175 e. The molecule has 0 saturated carbocycles. The quantitative estimate of drug-likeness (QED) is 0.898. The highest BCUT2D eigenvalue weighted by Crippen LogP contribution is 2.18. The molecule has 1 N–H and O–H groups in total. The van der Waals surface area contributed by atoms with Crippen LogP contribution in [0, 0.1) is 0 Å². The molecule has 1 aliphatic heterocycles. The van der Waals surface area contributed by atoms with E-state index in [9.17, 15) is 8.42 Å². The number of benzene rings is 1. The molecule has 0 amide bonds. The van der Waals surface area contributed by atoms with Gasteiger partial charge in [-0.1, -0.05) is 12.5 Å². The Balaban J connectivity index is 1.85. The molecule has 1 unspecified atom stereocenters. The summed E-state index contributed by atoms with van der Waals surface area (Å²) < 4.78 is 28.5. The molecule has 0 aromatic heterocycles. The maximum absolute atomic E-state index is 11.4. The lowest BCUT2D eigenvalue weighted by molar-refractivity contribution is 0.268. The van der Waals surface area contributed by atoms with E-state index in [0.29, 0.717) is 23.3 Å². The Bertz CT molecular complexity index is 507. The van der Waals surface area contributed by atoms with Gasteiger partial charge in [-0.2, -0.15) is 0 Å². The van der Waals surface area contributed by atoms with Gasteiger partial charge in [0.05, 0.1) is 11.5 Å². The topological polar surface area (TPSA) is 55.4 Å². The smallest absolute Gasteiger partial charge is 0.175 e. The van der Waals surface area contributed by atoms with Gasteiger partial charge in [0.25, 0.3) is 0 Å². The van der Waals surface area contributed by atoms with Crippen molar-refractivity contribution in [3.63, 3.8) is 0 Å². The summed E-state index contributed by atoms with van der Waals surface area (Å²) in [5.74, 6) is 0.624.